The molecule has 1 aliphatic heterocycles. The molecule has 0 amide bonds. The third-order valence-electron chi connectivity index (χ3n) is 2.89. The number of aliphatic hydroxyl groups excluding tert-OH is 1. The first-order valence-electron chi connectivity index (χ1n) is 5.72. The number of ether oxygens (including phenoxy) is 1. The van der Waals surface area contributed by atoms with Crippen LogP contribution in [-0.4, -0.2) is 47.5 Å². The van der Waals surface area contributed by atoms with Crippen LogP contribution in [0.4, 0.5) is 10.2 Å². The summed E-state index contributed by atoms with van der Waals surface area (Å²) in [5.74, 6) is -0.130. The molecule has 1 aliphatic rings. The van der Waals surface area contributed by atoms with Gasteiger partial charge < -0.3 is 14.7 Å². The van der Waals surface area contributed by atoms with E-state index in [0.29, 0.717) is 31.9 Å². The van der Waals surface area contributed by atoms with Crippen molar-refractivity contribution in [3.63, 3.8) is 0 Å². The molecule has 0 saturated carbocycles. The number of morpholine rings is 1. The molecule has 2 heterocycles. The number of hydrogen-bond donors (Lipinski definition) is 1. The number of aryl methyl sites for hydroxylation is 1. The van der Waals surface area contributed by atoms with Gasteiger partial charge in [-0.2, -0.15) is 0 Å². The summed E-state index contributed by atoms with van der Waals surface area (Å²) in [6.45, 7) is 3.20. The molecule has 1 fully saturated rings. The molecule has 0 aromatic carbocycles. The Balaban J connectivity index is 2.31. The lowest BCUT2D eigenvalue weighted by molar-refractivity contribution is 0.0718. The van der Waals surface area contributed by atoms with Gasteiger partial charge in [0.15, 0.2) is 11.6 Å². The topological polar surface area (TPSA) is 58.5 Å². The molecule has 1 unspecified atom stereocenters. The Bertz CT molecular complexity index is 389. The summed E-state index contributed by atoms with van der Waals surface area (Å²) in [6, 6.07) is -0.238. The predicted molar refractivity (Wildman–Crippen MR) is 60.4 cm³/mol. The van der Waals surface area contributed by atoms with Gasteiger partial charge in [-0.05, 0) is 6.42 Å². The van der Waals surface area contributed by atoms with Crippen molar-refractivity contribution >= 4 is 5.82 Å². The molecule has 6 heteroatoms. The molecule has 0 radical (unpaired) electrons. The predicted octanol–water partition coefficient (Wildman–Crippen LogP) is 0.376. The van der Waals surface area contributed by atoms with Crippen LogP contribution in [0.1, 0.15) is 12.6 Å². The highest BCUT2D eigenvalue weighted by Gasteiger charge is 2.26. The maximum atomic E-state index is 14.1. The highest BCUT2D eigenvalue weighted by atomic mass is 19.1. The highest BCUT2D eigenvalue weighted by Crippen LogP contribution is 2.22. The van der Waals surface area contributed by atoms with E-state index in [-0.39, 0.29) is 18.5 Å². The second-order valence-electron chi connectivity index (χ2n) is 3.92. The molecule has 0 aliphatic carbocycles. The van der Waals surface area contributed by atoms with E-state index in [1.165, 1.54) is 6.33 Å². The van der Waals surface area contributed by atoms with Gasteiger partial charge in [0.2, 0.25) is 0 Å². The number of anilines is 1. The molecular formula is C11H16FN3O2. The Labute approximate surface area is 99.3 Å². The smallest absolute Gasteiger partial charge is 0.187 e. The third kappa shape index (κ3) is 2.37. The third-order valence-corrected chi connectivity index (χ3v) is 2.89. The van der Waals surface area contributed by atoms with Crippen LogP contribution in [0.15, 0.2) is 6.33 Å². The Kier molecular flexibility index (Phi) is 3.86. The van der Waals surface area contributed by atoms with Gasteiger partial charge in [-0.3, -0.25) is 0 Å². The van der Waals surface area contributed by atoms with Crippen molar-refractivity contribution in [1.29, 1.82) is 0 Å². The summed E-state index contributed by atoms with van der Waals surface area (Å²) >= 11 is 0. The first kappa shape index (κ1) is 12.2. The van der Waals surface area contributed by atoms with E-state index in [9.17, 15) is 9.50 Å². The van der Waals surface area contributed by atoms with E-state index >= 15 is 0 Å². The first-order valence-corrected chi connectivity index (χ1v) is 5.72. The minimum atomic E-state index is -0.393. The minimum absolute atomic E-state index is 0.0785. The molecule has 1 aromatic rings. The van der Waals surface area contributed by atoms with Crippen LogP contribution < -0.4 is 4.90 Å². The first-order chi connectivity index (χ1) is 8.27. The SMILES string of the molecule is CCc1ncnc(N2CCOCC2CO)c1F. The van der Waals surface area contributed by atoms with Gasteiger partial charge in [0.1, 0.15) is 6.33 Å². The van der Waals surface area contributed by atoms with Gasteiger partial charge in [0, 0.05) is 6.54 Å². The molecule has 0 spiro atoms. The standard InChI is InChI=1S/C11H16FN3O2/c1-2-9-10(12)11(14-7-13-9)15-3-4-17-6-8(15)5-16/h7-8,16H,2-6H2,1H3. The van der Waals surface area contributed by atoms with E-state index in [1.54, 1.807) is 4.90 Å². The van der Waals surface area contributed by atoms with Crippen molar-refractivity contribution in [2.75, 3.05) is 31.3 Å². The normalized spacial score (nSPS) is 20.6. The van der Waals surface area contributed by atoms with Crippen molar-refractivity contribution < 1.29 is 14.2 Å². The van der Waals surface area contributed by atoms with Crippen LogP contribution in [0.2, 0.25) is 0 Å². The largest absolute Gasteiger partial charge is 0.394 e. The Morgan fingerprint density at radius 2 is 2.41 bits per heavy atom. The Hall–Kier alpha value is -1.27. The summed E-state index contributed by atoms with van der Waals surface area (Å²) in [6.07, 6.45) is 1.89. The molecule has 17 heavy (non-hydrogen) atoms. The van der Waals surface area contributed by atoms with E-state index < -0.39 is 5.82 Å². The van der Waals surface area contributed by atoms with Crippen LogP contribution in [-0.2, 0) is 11.2 Å². The Morgan fingerprint density at radius 1 is 1.59 bits per heavy atom. The van der Waals surface area contributed by atoms with E-state index in [1.807, 2.05) is 6.92 Å². The van der Waals surface area contributed by atoms with Crippen molar-refractivity contribution in [1.82, 2.24) is 9.97 Å². The lowest BCUT2D eigenvalue weighted by Gasteiger charge is -2.35. The summed E-state index contributed by atoms with van der Waals surface area (Å²) in [5.41, 5.74) is 0.401. The quantitative estimate of drug-likeness (QED) is 0.829. The monoisotopic (exact) mass is 241 g/mol. The zero-order valence-corrected chi connectivity index (χ0v) is 9.77. The fourth-order valence-corrected chi connectivity index (χ4v) is 1.93. The van der Waals surface area contributed by atoms with E-state index in [4.69, 9.17) is 4.74 Å². The molecule has 1 aromatic heterocycles. The number of aliphatic hydroxyl groups is 1. The van der Waals surface area contributed by atoms with Crippen molar-refractivity contribution in [3.8, 4) is 0 Å². The fraction of sp³-hybridized carbons (Fsp3) is 0.636. The van der Waals surface area contributed by atoms with Gasteiger partial charge >= 0.3 is 0 Å². The summed E-state index contributed by atoms with van der Waals surface area (Å²) in [4.78, 5) is 9.63. The van der Waals surface area contributed by atoms with Crippen LogP contribution in [0.25, 0.3) is 0 Å². The van der Waals surface area contributed by atoms with Crippen LogP contribution >= 0.6 is 0 Å². The molecule has 1 atom stereocenters. The highest BCUT2D eigenvalue weighted by molar-refractivity contribution is 5.42. The summed E-state index contributed by atoms with van der Waals surface area (Å²) in [7, 11) is 0. The summed E-state index contributed by atoms with van der Waals surface area (Å²) in [5, 5.41) is 9.25. The number of hydrogen-bond acceptors (Lipinski definition) is 5. The van der Waals surface area contributed by atoms with Crippen molar-refractivity contribution in [2.24, 2.45) is 0 Å². The van der Waals surface area contributed by atoms with Crippen LogP contribution in [0, 0.1) is 5.82 Å². The number of nitrogens with zero attached hydrogens (tertiary/aromatic N) is 3. The lowest BCUT2D eigenvalue weighted by atomic mass is 10.2. The zero-order valence-electron chi connectivity index (χ0n) is 9.77. The molecule has 1 saturated heterocycles. The second kappa shape index (κ2) is 5.37. The second-order valence-corrected chi connectivity index (χ2v) is 3.92. The van der Waals surface area contributed by atoms with Crippen molar-refractivity contribution in [3.05, 3.63) is 17.8 Å². The van der Waals surface area contributed by atoms with Gasteiger partial charge in [-0.1, -0.05) is 6.92 Å². The van der Waals surface area contributed by atoms with Gasteiger partial charge in [-0.15, -0.1) is 0 Å². The Morgan fingerprint density at radius 3 is 3.12 bits per heavy atom. The number of aromatic nitrogens is 2. The lowest BCUT2D eigenvalue weighted by Crippen LogP contribution is -2.48. The molecule has 2 rings (SSSR count). The van der Waals surface area contributed by atoms with Crippen LogP contribution in [0.5, 0.6) is 0 Å². The van der Waals surface area contributed by atoms with Gasteiger partial charge in [-0.25, -0.2) is 14.4 Å². The zero-order chi connectivity index (χ0) is 12.3. The van der Waals surface area contributed by atoms with Crippen LogP contribution in [0.3, 0.4) is 0 Å². The number of rotatable bonds is 3. The molecule has 94 valence electrons. The molecule has 1 N–H and O–H groups in total. The van der Waals surface area contributed by atoms with Crippen molar-refractivity contribution in [2.45, 2.75) is 19.4 Å². The summed E-state index contributed by atoms with van der Waals surface area (Å²) < 4.78 is 19.3. The molecular weight excluding hydrogens is 225 g/mol. The average Bonchev–Trinajstić information content (AvgIpc) is 2.39. The van der Waals surface area contributed by atoms with Gasteiger partial charge in [0.25, 0.3) is 0 Å². The van der Waals surface area contributed by atoms with Gasteiger partial charge in [0.05, 0.1) is 31.6 Å². The minimum Gasteiger partial charge on any atom is -0.394 e. The van der Waals surface area contributed by atoms with E-state index in [2.05, 4.69) is 9.97 Å². The average molecular weight is 241 g/mol. The molecule has 5 nitrogen and oxygen atoms in total. The number of halogens is 1. The van der Waals surface area contributed by atoms with E-state index in [0.717, 1.165) is 0 Å². The maximum Gasteiger partial charge on any atom is 0.187 e. The molecule has 0 bridgehead atoms. The fourth-order valence-electron chi connectivity index (χ4n) is 1.93. The maximum absolute atomic E-state index is 14.1.